The second kappa shape index (κ2) is 11.4. The number of fused-ring (bicyclic) bond motifs is 5. The van der Waals surface area contributed by atoms with Crippen LogP contribution in [-0.2, 0) is 0 Å². The summed E-state index contributed by atoms with van der Waals surface area (Å²) in [7, 11) is 0. The van der Waals surface area contributed by atoms with Crippen molar-refractivity contribution in [2.45, 2.75) is 0 Å². The molecule has 2 aromatic heterocycles. The van der Waals surface area contributed by atoms with Crippen molar-refractivity contribution < 1.29 is 0 Å². The first-order chi connectivity index (χ1) is 23.3. The Labute approximate surface area is 276 Å². The van der Waals surface area contributed by atoms with E-state index in [1.54, 1.807) is 0 Å². The van der Waals surface area contributed by atoms with Crippen LogP contribution in [0.2, 0.25) is 0 Å². The summed E-state index contributed by atoms with van der Waals surface area (Å²) in [4.78, 5) is 15.2. The zero-order valence-corrected chi connectivity index (χ0v) is 26.2. The van der Waals surface area contributed by atoms with Crippen molar-refractivity contribution >= 4 is 42.3 Å². The molecular weight excluding hydrogens is 591 g/mol. The number of nitrogens with zero attached hydrogens (tertiary/aromatic N) is 3. The first-order valence-corrected chi connectivity index (χ1v) is 16.5. The van der Waals surface area contributed by atoms with Gasteiger partial charge in [0.05, 0.1) is 0 Å². The Morgan fingerprint density at radius 1 is 0.340 bits per heavy atom. The molecule has 0 amide bonds. The maximum atomic E-state index is 5.13. The molecule has 7 aromatic carbocycles. The number of rotatable bonds is 5. The standard InChI is InChI=1S/C43H27N3S/c1-3-10-28(11-4-1)29-18-20-30(21-19-29)31-22-24-34(25-23-31)42-44-41(33-13-5-2-6-14-33)45-43(46-42)37-16-9-17-38-39(37)36-27-26-32-12-7-8-15-35(32)40(36)47-38/h1-27H. The Balaban J connectivity index is 1.16. The Morgan fingerprint density at radius 3 is 1.51 bits per heavy atom. The van der Waals surface area contributed by atoms with Crippen molar-refractivity contribution in [2.24, 2.45) is 0 Å². The monoisotopic (exact) mass is 617 g/mol. The van der Waals surface area contributed by atoms with E-state index in [1.807, 2.05) is 35.6 Å². The van der Waals surface area contributed by atoms with Crippen LogP contribution in [0.5, 0.6) is 0 Å². The third-order valence-corrected chi connectivity index (χ3v) is 9.97. The molecule has 0 unspecified atom stereocenters. The molecule has 4 heteroatoms. The SMILES string of the molecule is c1ccc(-c2ccc(-c3ccc(-c4nc(-c5ccccc5)nc(-c5cccc6sc7c8ccccc8ccc7c56)n4)cc3)cc2)cc1. The number of hydrogen-bond acceptors (Lipinski definition) is 4. The normalized spacial score (nSPS) is 11.4. The van der Waals surface area contributed by atoms with Crippen molar-refractivity contribution in [3.8, 4) is 56.4 Å². The summed E-state index contributed by atoms with van der Waals surface area (Å²) in [5.41, 5.74) is 7.66. The minimum Gasteiger partial charge on any atom is -0.208 e. The highest BCUT2D eigenvalue weighted by Crippen LogP contribution is 2.42. The largest absolute Gasteiger partial charge is 0.208 e. The highest BCUT2D eigenvalue weighted by atomic mass is 32.1. The summed E-state index contributed by atoms with van der Waals surface area (Å²) in [6.07, 6.45) is 0. The Kier molecular flexibility index (Phi) is 6.65. The molecule has 2 heterocycles. The molecule has 47 heavy (non-hydrogen) atoms. The number of hydrogen-bond donors (Lipinski definition) is 0. The van der Waals surface area contributed by atoms with Crippen molar-refractivity contribution in [1.82, 2.24) is 15.0 Å². The molecule has 0 bridgehead atoms. The van der Waals surface area contributed by atoms with E-state index < -0.39 is 0 Å². The lowest BCUT2D eigenvalue weighted by atomic mass is 9.99. The van der Waals surface area contributed by atoms with E-state index in [-0.39, 0.29) is 0 Å². The number of thiophene rings is 1. The first-order valence-electron chi connectivity index (χ1n) is 15.7. The van der Waals surface area contributed by atoms with E-state index in [2.05, 4.69) is 140 Å². The summed E-state index contributed by atoms with van der Waals surface area (Å²) in [6.45, 7) is 0. The van der Waals surface area contributed by atoms with E-state index in [9.17, 15) is 0 Å². The predicted molar refractivity (Wildman–Crippen MR) is 197 cm³/mol. The highest BCUT2D eigenvalue weighted by molar-refractivity contribution is 7.26. The molecule has 0 fully saturated rings. The van der Waals surface area contributed by atoms with Crippen molar-refractivity contribution in [3.05, 3.63) is 164 Å². The zero-order chi connectivity index (χ0) is 31.2. The second-order valence-corrected chi connectivity index (χ2v) is 12.7. The fourth-order valence-corrected chi connectivity index (χ4v) is 7.64. The van der Waals surface area contributed by atoms with Gasteiger partial charge in [-0.15, -0.1) is 11.3 Å². The van der Waals surface area contributed by atoms with Crippen LogP contribution in [-0.4, -0.2) is 15.0 Å². The van der Waals surface area contributed by atoms with Crippen LogP contribution < -0.4 is 0 Å². The summed E-state index contributed by atoms with van der Waals surface area (Å²) < 4.78 is 2.51. The van der Waals surface area contributed by atoms with Crippen molar-refractivity contribution in [1.29, 1.82) is 0 Å². The minimum atomic E-state index is 0.654. The molecule has 9 aromatic rings. The van der Waals surface area contributed by atoms with Crippen LogP contribution in [0.15, 0.2) is 164 Å². The van der Waals surface area contributed by atoms with Crippen LogP contribution in [0.25, 0.3) is 87.4 Å². The molecule has 3 nitrogen and oxygen atoms in total. The maximum absolute atomic E-state index is 5.13. The lowest BCUT2D eigenvalue weighted by Gasteiger charge is -2.10. The van der Waals surface area contributed by atoms with Gasteiger partial charge in [-0.25, -0.2) is 15.0 Å². The summed E-state index contributed by atoms with van der Waals surface area (Å²) in [6, 6.07) is 57.4. The van der Waals surface area contributed by atoms with Crippen LogP contribution >= 0.6 is 11.3 Å². The summed E-state index contributed by atoms with van der Waals surface area (Å²) >= 11 is 1.83. The van der Waals surface area contributed by atoms with Crippen LogP contribution in [0, 0.1) is 0 Å². The van der Waals surface area contributed by atoms with Gasteiger partial charge < -0.3 is 0 Å². The average Bonchev–Trinajstić information content (AvgIpc) is 3.55. The third-order valence-electron chi connectivity index (χ3n) is 8.76. The van der Waals surface area contributed by atoms with E-state index in [0.717, 1.165) is 22.3 Å². The van der Waals surface area contributed by atoms with E-state index in [1.165, 1.54) is 47.6 Å². The van der Waals surface area contributed by atoms with E-state index >= 15 is 0 Å². The topological polar surface area (TPSA) is 38.7 Å². The average molecular weight is 618 g/mol. The van der Waals surface area contributed by atoms with Gasteiger partial charge in [0.15, 0.2) is 17.5 Å². The van der Waals surface area contributed by atoms with Crippen LogP contribution in [0.4, 0.5) is 0 Å². The van der Waals surface area contributed by atoms with Gasteiger partial charge in [-0.2, -0.15) is 0 Å². The number of benzene rings is 7. The van der Waals surface area contributed by atoms with E-state index in [0.29, 0.717) is 17.5 Å². The quantitative estimate of drug-likeness (QED) is 0.193. The Bertz CT molecular complexity index is 2540. The molecular formula is C43H27N3S. The molecule has 0 aliphatic heterocycles. The lowest BCUT2D eigenvalue weighted by molar-refractivity contribution is 1.08. The summed E-state index contributed by atoms with van der Waals surface area (Å²) in [5, 5.41) is 4.93. The van der Waals surface area contributed by atoms with Gasteiger partial charge >= 0.3 is 0 Å². The molecule has 0 atom stereocenters. The molecule has 0 N–H and O–H groups in total. The molecule has 220 valence electrons. The maximum Gasteiger partial charge on any atom is 0.164 e. The van der Waals surface area contributed by atoms with Gasteiger partial charge in [-0.3, -0.25) is 0 Å². The van der Waals surface area contributed by atoms with Gasteiger partial charge in [-0.1, -0.05) is 158 Å². The van der Waals surface area contributed by atoms with E-state index in [4.69, 9.17) is 15.0 Å². The molecule has 0 aliphatic carbocycles. The lowest BCUT2D eigenvalue weighted by Crippen LogP contribution is -2.00. The van der Waals surface area contributed by atoms with Crippen molar-refractivity contribution in [2.75, 3.05) is 0 Å². The second-order valence-electron chi connectivity index (χ2n) is 11.6. The Morgan fingerprint density at radius 2 is 0.851 bits per heavy atom. The van der Waals surface area contributed by atoms with Gasteiger partial charge in [-0.05, 0) is 39.1 Å². The number of aromatic nitrogens is 3. The zero-order valence-electron chi connectivity index (χ0n) is 25.3. The molecule has 0 spiro atoms. The van der Waals surface area contributed by atoms with Crippen LogP contribution in [0.3, 0.4) is 0 Å². The predicted octanol–water partition coefficient (Wildman–Crippen LogP) is 11.7. The van der Waals surface area contributed by atoms with Gasteiger partial charge in [0.25, 0.3) is 0 Å². The minimum absolute atomic E-state index is 0.654. The fraction of sp³-hybridized carbons (Fsp3) is 0. The molecule has 0 saturated carbocycles. The highest BCUT2D eigenvalue weighted by Gasteiger charge is 2.18. The molecule has 0 aliphatic rings. The van der Waals surface area contributed by atoms with Crippen molar-refractivity contribution in [3.63, 3.8) is 0 Å². The first kappa shape index (κ1) is 27.3. The fourth-order valence-electron chi connectivity index (χ4n) is 6.38. The molecule has 0 radical (unpaired) electrons. The third kappa shape index (κ3) is 4.96. The molecule has 0 saturated heterocycles. The smallest absolute Gasteiger partial charge is 0.164 e. The van der Waals surface area contributed by atoms with Gasteiger partial charge in [0, 0.05) is 36.9 Å². The summed E-state index contributed by atoms with van der Waals surface area (Å²) in [5.74, 6) is 1.99. The Hall–Kier alpha value is -5.97. The van der Waals surface area contributed by atoms with Gasteiger partial charge in [0.2, 0.25) is 0 Å². The van der Waals surface area contributed by atoms with Gasteiger partial charge in [0.1, 0.15) is 0 Å². The molecule has 9 rings (SSSR count). The van der Waals surface area contributed by atoms with Crippen LogP contribution in [0.1, 0.15) is 0 Å².